The summed E-state index contributed by atoms with van der Waals surface area (Å²) >= 11 is 0. The fourth-order valence-corrected chi connectivity index (χ4v) is 1.41. The molecule has 0 heterocycles. The predicted octanol–water partition coefficient (Wildman–Crippen LogP) is 1.15. The average molecular weight is 225 g/mol. The van der Waals surface area contributed by atoms with Gasteiger partial charge in [-0.15, -0.1) is 0 Å². The van der Waals surface area contributed by atoms with Crippen molar-refractivity contribution < 1.29 is 9.59 Å². The molecule has 0 fully saturated rings. The molecular formula is C11H19N3O2. The predicted molar refractivity (Wildman–Crippen MR) is 61.9 cm³/mol. The Morgan fingerprint density at radius 2 is 1.62 bits per heavy atom. The minimum absolute atomic E-state index is 0.521. The molecule has 0 rings (SSSR count). The van der Waals surface area contributed by atoms with Gasteiger partial charge in [-0.3, -0.25) is 0 Å². The van der Waals surface area contributed by atoms with Crippen LogP contribution in [0, 0.1) is 0 Å². The molecule has 0 aromatic heterocycles. The molecule has 0 saturated carbocycles. The first kappa shape index (κ1) is 14.7. The van der Waals surface area contributed by atoms with E-state index in [9.17, 15) is 9.59 Å². The molecule has 90 valence electrons. The van der Waals surface area contributed by atoms with Crippen LogP contribution in [0.4, 0.5) is 0 Å². The smallest absolute Gasteiger partial charge is 0.234 e. The van der Waals surface area contributed by atoms with Crippen molar-refractivity contribution in [3.05, 3.63) is 0 Å². The van der Waals surface area contributed by atoms with Gasteiger partial charge in [0.1, 0.15) is 0 Å². The first-order valence-corrected chi connectivity index (χ1v) is 5.64. The van der Waals surface area contributed by atoms with E-state index in [4.69, 9.17) is 0 Å². The molecule has 0 aliphatic heterocycles. The molecule has 5 nitrogen and oxygen atoms in total. The van der Waals surface area contributed by atoms with Gasteiger partial charge in [-0.25, -0.2) is 19.6 Å². The Hall–Kier alpha value is -1.28. The Morgan fingerprint density at radius 1 is 0.938 bits per heavy atom. The van der Waals surface area contributed by atoms with Crippen molar-refractivity contribution in [1.29, 1.82) is 0 Å². The Labute approximate surface area is 96.3 Å². The van der Waals surface area contributed by atoms with Crippen molar-refractivity contribution >= 4 is 12.2 Å². The lowest BCUT2D eigenvalue weighted by molar-refractivity contribution is 0.289. The van der Waals surface area contributed by atoms with Crippen LogP contribution in [0.5, 0.6) is 0 Å². The van der Waals surface area contributed by atoms with E-state index in [0.717, 1.165) is 38.9 Å². The number of unbranched alkanes of at least 4 members (excludes halogenated alkanes) is 2. The van der Waals surface area contributed by atoms with E-state index in [2.05, 4.69) is 21.8 Å². The monoisotopic (exact) mass is 225 g/mol. The van der Waals surface area contributed by atoms with Gasteiger partial charge in [-0.2, -0.15) is 0 Å². The summed E-state index contributed by atoms with van der Waals surface area (Å²) in [5, 5.41) is 0. The van der Waals surface area contributed by atoms with Crippen LogP contribution in [-0.2, 0) is 9.59 Å². The summed E-state index contributed by atoms with van der Waals surface area (Å²) in [4.78, 5) is 28.9. The molecule has 0 bridgehead atoms. The van der Waals surface area contributed by atoms with Gasteiger partial charge in [0.2, 0.25) is 12.2 Å². The van der Waals surface area contributed by atoms with E-state index in [0.29, 0.717) is 13.1 Å². The van der Waals surface area contributed by atoms with E-state index in [-0.39, 0.29) is 0 Å². The second kappa shape index (κ2) is 11.8. The third-order valence-electron chi connectivity index (χ3n) is 2.35. The van der Waals surface area contributed by atoms with Crippen molar-refractivity contribution in [2.24, 2.45) is 9.98 Å². The second-order valence-corrected chi connectivity index (χ2v) is 3.44. The molecule has 5 heteroatoms. The number of aliphatic imine (C=N–C) groups is 2. The summed E-state index contributed by atoms with van der Waals surface area (Å²) in [6.45, 7) is 5.94. The summed E-state index contributed by atoms with van der Waals surface area (Å²) in [5.74, 6) is 0. The maximum atomic E-state index is 9.88. The molecule has 0 atom stereocenters. The molecule has 0 unspecified atom stereocenters. The van der Waals surface area contributed by atoms with Crippen LogP contribution >= 0.6 is 0 Å². The van der Waals surface area contributed by atoms with E-state index >= 15 is 0 Å². The van der Waals surface area contributed by atoms with Crippen molar-refractivity contribution in [3.63, 3.8) is 0 Å². The Morgan fingerprint density at radius 3 is 2.25 bits per heavy atom. The van der Waals surface area contributed by atoms with Crippen LogP contribution in [0.15, 0.2) is 9.98 Å². The average Bonchev–Trinajstić information content (AvgIpc) is 2.31. The number of nitrogens with zero attached hydrogens (tertiary/aromatic N) is 3. The SMILES string of the molecule is CCN(CCCCCN=C=O)CCN=C=O. The molecule has 0 saturated heterocycles. The molecule has 0 N–H and O–H groups in total. The Bertz CT molecular complexity index is 256. The molecule has 0 aliphatic carbocycles. The van der Waals surface area contributed by atoms with Crippen molar-refractivity contribution in [3.8, 4) is 0 Å². The molecular weight excluding hydrogens is 206 g/mol. The number of isocyanates is 2. The lowest BCUT2D eigenvalue weighted by Crippen LogP contribution is -2.27. The molecule has 0 radical (unpaired) electrons. The van der Waals surface area contributed by atoms with Crippen LogP contribution < -0.4 is 0 Å². The maximum Gasteiger partial charge on any atom is 0.234 e. The second-order valence-electron chi connectivity index (χ2n) is 3.44. The topological polar surface area (TPSA) is 62.1 Å². The Kier molecular flexibility index (Phi) is 10.8. The Balaban J connectivity index is 3.46. The largest absolute Gasteiger partial charge is 0.302 e. The number of rotatable bonds is 10. The quantitative estimate of drug-likeness (QED) is 0.318. The maximum absolute atomic E-state index is 9.88. The molecule has 0 aromatic rings. The van der Waals surface area contributed by atoms with E-state index in [1.54, 1.807) is 0 Å². The molecule has 0 amide bonds. The summed E-state index contributed by atoms with van der Waals surface area (Å²) in [5.41, 5.74) is 0. The lowest BCUT2D eigenvalue weighted by atomic mass is 10.2. The summed E-state index contributed by atoms with van der Waals surface area (Å²) in [6.07, 6.45) is 6.13. The summed E-state index contributed by atoms with van der Waals surface area (Å²) in [7, 11) is 0. The van der Waals surface area contributed by atoms with Crippen molar-refractivity contribution in [2.75, 3.05) is 32.7 Å². The molecule has 0 aromatic carbocycles. The van der Waals surface area contributed by atoms with E-state index < -0.39 is 0 Å². The third-order valence-corrected chi connectivity index (χ3v) is 2.35. The number of carbonyl (C=O) groups excluding carboxylic acids is 2. The van der Waals surface area contributed by atoms with Gasteiger partial charge in [-0.05, 0) is 25.9 Å². The number of hydrogen-bond acceptors (Lipinski definition) is 5. The first-order chi connectivity index (χ1) is 7.85. The van der Waals surface area contributed by atoms with Crippen LogP contribution in [-0.4, -0.2) is 49.8 Å². The fourth-order valence-electron chi connectivity index (χ4n) is 1.41. The molecule has 0 spiro atoms. The zero-order valence-electron chi connectivity index (χ0n) is 9.81. The summed E-state index contributed by atoms with van der Waals surface area (Å²) < 4.78 is 0. The molecule has 16 heavy (non-hydrogen) atoms. The van der Waals surface area contributed by atoms with Crippen molar-refractivity contribution in [2.45, 2.75) is 26.2 Å². The highest BCUT2D eigenvalue weighted by Crippen LogP contribution is 1.99. The van der Waals surface area contributed by atoms with Crippen LogP contribution in [0.1, 0.15) is 26.2 Å². The molecule has 0 aliphatic rings. The zero-order chi connectivity index (χ0) is 12.1. The van der Waals surface area contributed by atoms with Gasteiger partial charge in [0.15, 0.2) is 0 Å². The standard InChI is InChI=1S/C11H19N3O2/c1-2-14(9-7-13-11-16)8-5-3-4-6-12-10-15/h2-9H2,1H3. The van der Waals surface area contributed by atoms with Crippen LogP contribution in [0.2, 0.25) is 0 Å². The third kappa shape index (κ3) is 9.28. The first-order valence-electron chi connectivity index (χ1n) is 5.64. The van der Waals surface area contributed by atoms with E-state index in [1.807, 2.05) is 0 Å². The van der Waals surface area contributed by atoms with E-state index in [1.165, 1.54) is 12.2 Å². The highest BCUT2D eigenvalue weighted by atomic mass is 16.1. The van der Waals surface area contributed by atoms with Gasteiger partial charge in [0, 0.05) is 6.54 Å². The summed E-state index contributed by atoms with van der Waals surface area (Å²) in [6, 6.07) is 0. The van der Waals surface area contributed by atoms with Crippen molar-refractivity contribution in [1.82, 2.24) is 4.90 Å². The fraction of sp³-hybridized carbons (Fsp3) is 0.818. The van der Waals surface area contributed by atoms with Gasteiger partial charge < -0.3 is 4.90 Å². The highest BCUT2D eigenvalue weighted by molar-refractivity contribution is 5.32. The van der Waals surface area contributed by atoms with Gasteiger partial charge >= 0.3 is 0 Å². The number of hydrogen-bond donors (Lipinski definition) is 0. The minimum atomic E-state index is 0.521. The van der Waals surface area contributed by atoms with Gasteiger partial charge in [0.05, 0.1) is 13.1 Å². The van der Waals surface area contributed by atoms with Gasteiger partial charge in [0.25, 0.3) is 0 Å². The minimum Gasteiger partial charge on any atom is -0.302 e. The number of likely N-dealkylation sites (N-methyl/N-ethyl adjacent to an activating group) is 1. The normalized spacial score (nSPS) is 9.62. The zero-order valence-corrected chi connectivity index (χ0v) is 9.81. The van der Waals surface area contributed by atoms with Gasteiger partial charge in [-0.1, -0.05) is 13.3 Å². The lowest BCUT2D eigenvalue weighted by Gasteiger charge is -2.18. The van der Waals surface area contributed by atoms with Crippen LogP contribution in [0.3, 0.4) is 0 Å². The highest BCUT2D eigenvalue weighted by Gasteiger charge is 2.00. The van der Waals surface area contributed by atoms with Crippen LogP contribution in [0.25, 0.3) is 0 Å².